The van der Waals surface area contributed by atoms with Gasteiger partial charge in [-0.15, -0.1) is 24.0 Å². The third kappa shape index (κ3) is 8.16. The average Bonchev–Trinajstić information content (AvgIpc) is 2.61. The first-order valence-electron chi connectivity index (χ1n) is 9.07. The van der Waals surface area contributed by atoms with Crippen molar-refractivity contribution in [3.8, 4) is 0 Å². The molecule has 26 heavy (non-hydrogen) atoms. The molecule has 0 spiro atoms. The molecule has 0 bridgehead atoms. The van der Waals surface area contributed by atoms with E-state index < -0.39 is 11.6 Å². The number of aliphatic imine (C=N–C) groups is 1. The smallest absolute Gasteiger partial charge is 0.191 e. The largest absolute Gasteiger partial charge is 0.396 e. The molecule has 0 amide bonds. The van der Waals surface area contributed by atoms with Crippen LogP contribution in [-0.2, 0) is 6.42 Å². The molecular weight excluding hydrogens is 451 g/mol. The summed E-state index contributed by atoms with van der Waals surface area (Å²) < 4.78 is 26.9. The maximum atomic E-state index is 13.7. The van der Waals surface area contributed by atoms with E-state index in [1.807, 2.05) is 6.92 Å². The summed E-state index contributed by atoms with van der Waals surface area (Å²) in [6, 6.07) is 3.49. The minimum absolute atomic E-state index is 0. The highest BCUT2D eigenvalue weighted by atomic mass is 127. The van der Waals surface area contributed by atoms with Crippen LogP contribution in [0.3, 0.4) is 0 Å². The van der Waals surface area contributed by atoms with Crippen molar-refractivity contribution < 1.29 is 13.9 Å². The van der Waals surface area contributed by atoms with Crippen molar-refractivity contribution in [3.05, 3.63) is 35.4 Å². The first kappa shape index (κ1) is 25.0. The molecule has 3 N–H and O–H groups in total. The van der Waals surface area contributed by atoms with Gasteiger partial charge in [-0.05, 0) is 61.8 Å². The molecule has 0 saturated heterocycles. The lowest BCUT2D eigenvalue weighted by atomic mass is 9.79. The Morgan fingerprint density at radius 3 is 2.42 bits per heavy atom. The molecule has 0 heterocycles. The van der Waals surface area contributed by atoms with Crippen LogP contribution in [-0.4, -0.2) is 37.3 Å². The summed E-state index contributed by atoms with van der Waals surface area (Å²) in [7, 11) is 0. The minimum Gasteiger partial charge on any atom is -0.396 e. The molecule has 4 nitrogen and oxygen atoms in total. The second-order valence-electron chi connectivity index (χ2n) is 6.29. The average molecular weight is 483 g/mol. The first-order valence-corrected chi connectivity index (χ1v) is 9.07. The molecule has 0 saturated carbocycles. The van der Waals surface area contributed by atoms with E-state index in [1.165, 1.54) is 6.07 Å². The summed E-state index contributed by atoms with van der Waals surface area (Å²) in [6.45, 7) is 8.14. The summed E-state index contributed by atoms with van der Waals surface area (Å²) in [4.78, 5) is 4.63. The second-order valence-corrected chi connectivity index (χ2v) is 6.29. The molecule has 1 aromatic carbocycles. The highest BCUT2D eigenvalue weighted by molar-refractivity contribution is 14.0. The molecule has 0 atom stereocenters. The zero-order valence-electron chi connectivity index (χ0n) is 15.9. The molecule has 0 radical (unpaired) electrons. The van der Waals surface area contributed by atoms with Crippen molar-refractivity contribution in [2.24, 2.45) is 10.4 Å². The Hall–Kier alpha value is -0.960. The Bertz CT molecular complexity index is 552. The van der Waals surface area contributed by atoms with E-state index in [0.29, 0.717) is 37.6 Å². The van der Waals surface area contributed by atoms with E-state index >= 15 is 0 Å². The molecule has 1 aromatic rings. The molecule has 1 rings (SSSR count). The SMILES string of the molecule is CCNC(=NCC(CC)(CC)CCO)NCCc1cc(F)ccc1F.I. The Morgan fingerprint density at radius 2 is 1.85 bits per heavy atom. The standard InChI is InChI=1S/C19H31F2N3O.HI/c1-4-19(5-2,10-12-25)14-24-18(22-6-3)23-11-9-15-13-16(20)7-8-17(15)21;/h7-8,13,25H,4-6,9-12,14H2,1-3H3,(H2,22,23,24);1H. The lowest BCUT2D eigenvalue weighted by Gasteiger charge is -2.29. The number of guanidine groups is 1. The molecule has 0 aliphatic carbocycles. The van der Waals surface area contributed by atoms with Crippen molar-refractivity contribution in [2.75, 3.05) is 26.2 Å². The van der Waals surface area contributed by atoms with Crippen molar-refractivity contribution in [1.82, 2.24) is 10.6 Å². The molecule has 0 aliphatic heterocycles. The minimum atomic E-state index is -0.434. The summed E-state index contributed by atoms with van der Waals surface area (Å²) in [5, 5.41) is 15.6. The van der Waals surface area contributed by atoms with Crippen LogP contribution < -0.4 is 10.6 Å². The number of hydrogen-bond donors (Lipinski definition) is 3. The van der Waals surface area contributed by atoms with Gasteiger partial charge in [0.05, 0.1) is 0 Å². The van der Waals surface area contributed by atoms with Gasteiger partial charge in [0.15, 0.2) is 5.96 Å². The Balaban J connectivity index is 0.00000625. The van der Waals surface area contributed by atoms with Gasteiger partial charge in [-0.3, -0.25) is 4.99 Å². The Kier molecular flexibility index (Phi) is 12.8. The van der Waals surface area contributed by atoms with Crippen molar-refractivity contribution in [3.63, 3.8) is 0 Å². The van der Waals surface area contributed by atoms with Gasteiger partial charge in [-0.1, -0.05) is 13.8 Å². The molecule has 0 aliphatic rings. The quantitative estimate of drug-likeness (QED) is 0.269. The van der Waals surface area contributed by atoms with Crippen LogP contribution in [0.15, 0.2) is 23.2 Å². The number of aliphatic hydroxyl groups is 1. The molecule has 0 aromatic heterocycles. The summed E-state index contributed by atoms with van der Waals surface area (Å²) in [6.07, 6.45) is 2.98. The zero-order chi connectivity index (χ0) is 18.7. The number of nitrogens with zero attached hydrogens (tertiary/aromatic N) is 1. The monoisotopic (exact) mass is 483 g/mol. The van der Waals surface area contributed by atoms with Crippen LogP contribution in [0.2, 0.25) is 0 Å². The molecule has 0 fully saturated rings. The van der Waals surface area contributed by atoms with E-state index in [1.54, 1.807) is 0 Å². The summed E-state index contributed by atoms with van der Waals surface area (Å²) >= 11 is 0. The fraction of sp³-hybridized carbons (Fsp3) is 0.632. The van der Waals surface area contributed by atoms with Gasteiger partial charge in [-0.25, -0.2) is 8.78 Å². The predicted molar refractivity (Wildman–Crippen MR) is 114 cm³/mol. The van der Waals surface area contributed by atoms with Crippen molar-refractivity contribution in [1.29, 1.82) is 0 Å². The van der Waals surface area contributed by atoms with E-state index in [9.17, 15) is 13.9 Å². The van der Waals surface area contributed by atoms with Crippen molar-refractivity contribution >= 4 is 29.9 Å². The van der Waals surface area contributed by atoms with E-state index in [2.05, 4.69) is 29.5 Å². The van der Waals surface area contributed by atoms with E-state index in [-0.39, 0.29) is 36.0 Å². The second kappa shape index (κ2) is 13.2. The number of hydrogen-bond acceptors (Lipinski definition) is 2. The highest BCUT2D eigenvalue weighted by Crippen LogP contribution is 2.30. The highest BCUT2D eigenvalue weighted by Gasteiger charge is 2.25. The number of aliphatic hydroxyl groups excluding tert-OH is 1. The van der Waals surface area contributed by atoms with Gasteiger partial charge in [0.25, 0.3) is 0 Å². The third-order valence-corrected chi connectivity index (χ3v) is 4.75. The normalized spacial score (nSPS) is 11.8. The Morgan fingerprint density at radius 1 is 1.15 bits per heavy atom. The number of rotatable bonds is 10. The van der Waals surface area contributed by atoms with Crippen LogP contribution in [0.25, 0.3) is 0 Å². The lowest BCUT2D eigenvalue weighted by molar-refractivity contribution is 0.175. The van der Waals surface area contributed by atoms with Crippen LogP contribution in [0.1, 0.15) is 45.6 Å². The number of halogens is 3. The van der Waals surface area contributed by atoms with Crippen LogP contribution in [0.5, 0.6) is 0 Å². The number of nitrogens with one attached hydrogen (secondary N) is 2. The number of benzene rings is 1. The van der Waals surface area contributed by atoms with E-state index in [0.717, 1.165) is 31.4 Å². The lowest BCUT2D eigenvalue weighted by Crippen LogP contribution is -2.39. The van der Waals surface area contributed by atoms with Gasteiger partial charge in [0.2, 0.25) is 0 Å². The van der Waals surface area contributed by atoms with Gasteiger partial charge in [0, 0.05) is 26.2 Å². The molecule has 150 valence electrons. The van der Waals surface area contributed by atoms with Gasteiger partial charge < -0.3 is 15.7 Å². The van der Waals surface area contributed by atoms with E-state index in [4.69, 9.17) is 0 Å². The topological polar surface area (TPSA) is 56.7 Å². The van der Waals surface area contributed by atoms with Gasteiger partial charge in [-0.2, -0.15) is 0 Å². The predicted octanol–water partition coefficient (Wildman–Crippen LogP) is 3.87. The van der Waals surface area contributed by atoms with Crippen LogP contribution >= 0.6 is 24.0 Å². The maximum absolute atomic E-state index is 13.7. The first-order chi connectivity index (χ1) is 12.0. The molecule has 7 heteroatoms. The third-order valence-electron chi connectivity index (χ3n) is 4.75. The fourth-order valence-corrected chi connectivity index (χ4v) is 2.78. The zero-order valence-corrected chi connectivity index (χ0v) is 18.3. The Labute approximate surface area is 172 Å². The van der Waals surface area contributed by atoms with Crippen LogP contribution in [0.4, 0.5) is 8.78 Å². The van der Waals surface area contributed by atoms with Gasteiger partial charge in [0.1, 0.15) is 11.6 Å². The maximum Gasteiger partial charge on any atom is 0.191 e. The summed E-state index contributed by atoms with van der Waals surface area (Å²) in [5.41, 5.74) is 0.339. The van der Waals surface area contributed by atoms with Crippen molar-refractivity contribution in [2.45, 2.75) is 46.5 Å². The molecule has 0 unspecified atom stereocenters. The molecular formula is C19H32F2IN3O. The van der Waals surface area contributed by atoms with Gasteiger partial charge >= 0.3 is 0 Å². The fourth-order valence-electron chi connectivity index (χ4n) is 2.78. The van der Waals surface area contributed by atoms with Crippen LogP contribution in [0, 0.1) is 17.0 Å². The summed E-state index contributed by atoms with van der Waals surface area (Å²) in [5.74, 6) is -0.177.